The monoisotopic (exact) mass is 264 g/mol. The molecule has 0 bridgehead atoms. The number of nitrogens with zero attached hydrogens (tertiary/aromatic N) is 4. The molecule has 106 valence electrons. The smallest absolute Gasteiger partial charge is 0.245 e. The van der Waals surface area contributed by atoms with Crippen molar-refractivity contribution in [3.05, 3.63) is 11.4 Å². The number of rotatable bonds is 3. The predicted molar refractivity (Wildman–Crippen MR) is 75.3 cm³/mol. The van der Waals surface area contributed by atoms with Crippen LogP contribution in [0.4, 0.5) is 5.95 Å². The van der Waals surface area contributed by atoms with Gasteiger partial charge < -0.3 is 10.0 Å². The molecule has 1 fully saturated rings. The molecule has 1 saturated heterocycles. The van der Waals surface area contributed by atoms with Gasteiger partial charge in [-0.05, 0) is 39.0 Å². The summed E-state index contributed by atoms with van der Waals surface area (Å²) in [6, 6.07) is 0. The summed E-state index contributed by atoms with van der Waals surface area (Å²) in [5.74, 6) is 0.715. The fourth-order valence-corrected chi connectivity index (χ4v) is 2.53. The van der Waals surface area contributed by atoms with Gasteiger partial charge in [0.25, 0.3) is 0 Å². The minimum Gasteiger partial charge on any atom is -0.390 e. The highest BCUT2D eigenvalue weighted by Crippen LogP contribution is 2.23. The van der Waals surface area contributed by atoms with Gasteiger partial charge in [0.15, 0.2) is 0 Å². The first-order valence-electron chi connectivity index (χ1n) is 7.25. The molecule has 0 amide bonds. The summed E-state index contributed by atoms with van der Waals surface area (Å²) in [5, 5.41) is 18.7. The minimum absolute atomic E-state index is 0.556. The molecule has 0 aromatic carbocycles. The van der Waals surface area contributed by atoms with E-state index in [1.165, 1.54) is 0 Å². The van der Waals surface area contributed by atoms with Gasteiger partial charge in [-0.25, -0.2) is 4.98 Å². The molecule has 5 nitrogen and oxygen atoms in total. The zero-order valence-corrected chi connectivity index (χ0v) is 12.2. The Bertz CT molecular complexity index is 433. The molecule has 19 heavy (non-hydrogen) atoms. The van der Waals surface area contributed by atoms with Crippen molar-refractivity contribution in [2.75, 3.05) is 18.0 Å². The van der Waals surface area contributed by atoms with Crippen molar-refractivity contribution in [2.24, 2.45) is 0 Å². The quantitative estimate of drug-likeness (QED) is 0.901. The predicted octanol–water partition coefficient (Wildman–Crippen LogP) is 1.74. The maximum absolute atomic E-state index is 10.1. The molecular formula is C14H24N4O. The molecule has 1 aliphatic rings. The normalized spacial score (nSPS) is 24.3. The number of hydrogen-bond donors (Lipinski definition) is 1. The van der Waals surface area contributed by atoms with Crippen molar-refractivity contribution in [3.63, 3.8) is 0 Å². The van der Waals surface area contributed by atoms with E-state index in [-0.39, 0.29) is 0 Å². The molecule has 1 aromatic rings. The molecular weight excluding hydrogens is 240 g/mol. The third kappa shape index (κ3) is 3.41. The van der Waals surface area contributed by atoms with E-state index >= 15 is 0 Å². The number of aromatic nitrogens is 3. The highest BCUT2D eigenvalue weighted by atomic mass is 16.3. The van der Waals surface area contributed by atoms with E-state index in [0.717, 1.165) is 56.6 Å². The van der Waals surface area contributed by atoms with Crippen LogP contribution in [0.2, 0.25) is 0 Å². The van der Waals surface area contributed by atoms with Gasteiger partial charge >= 0.3 is 0 Å². The lowest BCUT2D eigenvalue weighted by Gasteiger charge is -2.22. The van der Waals surface area contributed by atoms with E-state index in [1.54, 1.807) is 0 Å². The van der Waals surface area contributed by atoms with E-state index in [9.17, 15) is 5.11 Å². The average molecular weight is 264 g/mol. The Morgan fingerprint density at radius 3 is 2.53 bits per heavy atom. The molecule has 1 aromatic heterocycles. The fraction of sp³-hybridized carbons (Fsp3) is 0.786. The number of hydrogen-bond acceptors (Lipinski definition) is 5. The summed E-state index contributed by atoms with van der Waals surface area (Å²) < 4.78 is 0. The maximum atomic E-state index is 10.1. The van der Waals surface area contributed by atoms with Crippen LogP contribution in [0.5, 0.6) is 0 Å². The van der Waals surface area contributed by atoms with Crippen molar-refractivity contribution in [2.45, 2.75) is 58.5 Å². The molecule has 2 rings (SSSR count). The van der Waals surface area contributed by atoms with Crippen molar-refractivity contribution in [1.82, 2.24) is 15.2 Å². The Morgan fingerprint density at radius 1 is 1.11 bits per heavy atom. The summed E-state index contributed by atoms with van der Waals surface area (Å²) >= 11 is 0. The van der Waals surface area contributed by atoms with E-state index in [0.29, 0.717) is 5.95 Å². The zero-order valence-electron chi connectivity index (χ0n) is 12.2. The summed E-state index contributed by atoms with van der Waals surface area (Å²) in [6.07, 6.45) is 4.32. The van der Waals surface area contributed by atoms with Crippen LogP contribution in [0, 0.1) is 0 Å². The molecule has 1 aliphatic heterocycles. The Kier molecular flexibility index (Phi) is 4.34. The van der Waals surface area contributed by atoms with Crippen molar-refractivity contribution >= 4 is 5.95 Å². The van der Waals surface area contributed by atoms with Gasteiger partial charge in [-0.1, -0.05) is 13.8 Å². The number of aryl methyl sites for hydroxylation is 2. The summed E-state index contributed by atoms with van der Waals surface area (Å²) in [4.78, 5) is 6.79. The standard InChI is InChI=1S/C14H24N4O/c1-4-11-12(5-2)16-17-13(15-11)18-9-6-7-14(3,19)8-10-18/h19H,4-10H2,1-3H3. The van der Waals surface area contributed by atoms with E-state index in [2.05, 4.69) is 33.9 Å². The minimum atomic E-state index is -0.556. The van der Waals surface area contributed by atoms with Crippen LogP contribution in [-0.4, -0.2) is 39.0 Å². The third-order valence-electron chi connectivity index (χ3n) is 3.84. The van der Waals surface area contributed by atoms with Crippen molar-refractivity contribution < 1.29 is 5.11 Å². The molecule has 0 spiro atoms. The SMILES string of the molecule is CCc1nnc(N2CCCC(C)(O)CC2)nc1CC. The van der Waals surface area contributed by atoms with Crippen LogP contribution in [-0.2, 0) is 12.8 Å². The van der Waals surface area contributed by atoms with Crippen LogP contribution in [0.15, 0.2) is 0 Å². The van der Waals surface area contributed by atoms with E-state index < -0.39 is 5.60 Å². The largest absolute Gasteiger partial charge is 0.390 e. The second-order valence-corrected chi connectivity index (χ2v) is 5.55. The van der Waals surface area contributed by atoms with Crippen molar-refractivity contribution in [1.29, 1.82) is 0 Å². The molecule has 2 heterocycles. The maximum Gasteiger partial charge on any atom is 0.245 e. The number of anilines is 1. The third-order valence-corrected chi connectivity index (χ3v) is 3.84. The Labute approximate surface area is 115 Å². The summed E-state index contributed by atoms with van der Waals surface area (Å²) in [7, 11) is 0. The first-order valence-corrected chi connectivity index (χ1v) is 7.25. The van der Waals surface area contributed by atoms with Gasteiger partial charge in [0, 0.05) is 13.1 Å². The van der Waals surface area contributed by atoms with Gasteiger partial charge in [-0.2, -0.15) is 5.10 Å². The van der Waals surface area contributed by atoms with Crippen LogP contribution < -0.4 is 4.90 Å². The van der Waals surface area contributed by atoms with Crippen LogP contribution in [0.1, 0.15) is 51.4 Å². The van der Waals surface area contributed by atoms with E-state index in [4.69, 9.17) is 0 Å². The first-order chi connectivity index (χ1) is 9.05. The molecule has 1 atom stereocenters. The van der Waals surface area contributed by atoms with Gasteiger partial charge in [0.2, 0.25) is 5.95 Å². The Morgan fingerprint density at radius 2 is 1.84 bits per heavy atom. The lowest BCUT2D eigenvalue weighted by atomic mass is 9.98. The van der Waals surface area contributed by atoms with Gasteiger partial charge in [-0.3, -0.25) is 0 Å². The molecule has 0 saturated carbocycles. The zero-order chi connectivity index (χ0) is 13.9. The average Bonchev–Trinajstić information content (AvgIpc) is 2.59. The summed E-state index contributed by atoms with van der Waals surface area (Å²) in [6.45, 7) is 7.77. The van der Waals surface area contributed by atoms with E-state index in [1.807, 2.05) is 6.92 Å². The second kappa shape index (κ2) is 5.82. The molecule has 1 unspecified atom stereocenters. The molecule has 0 aliphatic carbocycles. The number of aliphatic hydroxyl groups is 1. The first kappa shape index (κ1) is 14.2. The lowest BCUT2D eigenvalue weighted by molar-refractivity contribution is 0.0481. The Hall–Kier alpha value is -1.23. The topological polar surface area (TPSA) is 62.1 Å². The summed E-state index contributed by atoms with van der Waals surface area (Å²) in [5.41, 5.74) is 1.48. The highest BCUT2D eigenvalue weighted by Gasteiger charge is 2.26. The Balaban J connectivity index is 2.17. The second-order valence-electron chi connectivity index (χ2n) is 5.55. The molecule has 5 heteroatoms. The van der Waals surface area contributed by atoms with Crippen LogP contribution >= 0.6 is 0 Å². The molecule has 0 radical (unpaired) electrons. The van der Waals surface area contributed by atoms with Gasteiger partial charge in [0.05, 0.1) is 17.0 Å². The van der Waals surface area contributed by atoms with Gasteiger partial charge in [0.1, 0.15) is 0 Å². The van der Waals surface area contributed by atoms with Crippen LogP contribution in [0.25, 0.3) is 0 Å². The van der Waals surface area contributed by atoms with Crippen LogP contribution in [0.3, 0.4) is 0 Å². The van der Waals surface area contributed by atoms with Gasteiger partial charge in [-0.15, -0.1) is 5.10 Å². The van der Waals surface area contributed by atoms with Crippen molar-refractivity contribution in [3.8, 4) is 0 Å². The lowest BCUT2D eigenvalue weighted by Crippen LogP contribution is -2.30. The molecule has 1 N–H and O–H groups in total. The fourth-order valence-electron chi connectivity index (χ4n) is 2.53. The highest BCUT2D eigenvalue weighted by molar-refractivity contribution is 5.30.